The summed E-state index contributed by atoms with van der Waals surface area (Å²) in [5.41, 5.74) is 0. The number of nitrogens with zero attached hydrogens (tertiary/aromatic N) is 1. The van der Waals surface area contributed by atoms with Gasteiger partial charge in [-0.05, 0) is 25.7 Å². The molecule has 1 aliphatic carbocycles. The van der Waals surface area contributed by atoms with Crippen LogP contribution in [0.4, 0.5) is 0 Å². The highest BCUT2D eigenvalue weighted by molar-refractivity contribution is 5.79. The molecule has 0 heterocycles. The van der Waals surface area contributed by atoms with Crippen molar-refractivity contribution in [3.63, 3.8) is 0 Å². The van der Waals surface area contributed by atoms with Crippen LogP contribution in [0.3, 0.4) is 0 Å². The van der Waals surface area contributed by atoms with Crippen LogP contribution in [0.1, 0.15) is 47.5 Å². The smallest absolute Gasteiger partial charge is 0.225 e. The molecule has 82 valence electrons. The Hall–Kier alpha value is -0.530. The fourth-order valence-electron chi connectivity index (χ4n) is 1.69. The molecule has 0 aliphatic heterocycles. The molecular weight excluding hydrogens is 174 g/mol. The van der Waals surface area contributed by atoms with E-state index < -0.39 is 0 Å². The van der Waals surface area contributed by atoms with Crippen molar-refractivity contribution in [2.45, 2.75) is 59.5 Å². The molecule has 1 fully saturated rings. The van der Waals surface area contributed by atoms with Gasteiger partial charge in [0.2, 0.25) is 5.91 Å². The van der Waals surface area contributed by atoms with Crippen molar-refractivity contribution in [1.29, 1.82) is 0 Å². The Morgan fingerprint density at radius 2 is 1.64 bits per heavy atom. The normalized spacial score (nSPS) is 18.8. The first kappa shape index (κ1) is 11.5. The second-order valence-corrected chi connectivity index (χ2v) is 5.12. The van der Waals surface area contributed by atoms with Crippen molar-refractivity contribution < 1.29 is 4.79 Å². The lowest BCUT2D eigenvalue weighted by molar-refractivity contribution is -0.138. The van der Waals surface area contributed by atoms with Crippen LogP contribution in [0.25, 0.3) is 0 Å². The molecule has 1 atom stereocenters. The molecule has 0 N–H and O–H groups in total. The highest BCUT2D eigenvalue weighted by atomic mass is 16.2. The van der Waals surface area contributed by atoms with Crippen LogP contribution >= 0.6 is 0 Å². The summed E-state index contributed by atoms with van der Waals surface area (Å²) in [6.07, 6.45) is 2.41. The van der Waals surface area contributed by atoms with E-state index in [0.717, 1.165) is 0 Å². The van der Waals surface area contributed by atoms with Gasteiger partial charge in [0.15, 0.2) is 0 Å². The van der Waals surface area contributed by atoms with Gasteiger partial charge in [0.25, 0.3) is 0 Å². The monoisotopic (exact) mass is 197 g/mol. The Labute approximate surface area is 87.7 Å². The Kier molecular flexibility index (Phi) is 3.57. The molecule has 2 nitrogen and oxygen atoms in total. The first-order valence-corrected chi connectivity index (χ1v) is 5.77. The molecule has 0 bridgehead atoms. The topological polar surface area (TPSA) is 20.3 Å². The maximum Gasteiger partial charge on any atom is 0.225 e. The van der Waals surface area contributed by atoms with Gasteiger partial charge < -0.3 is 4.90 Å². The molecular formula is C12H23NO. The minimum absolute atomic E-state index is 0.136. The lowest BCUT2D eigenvalue weighted by Gasteiger charge is -2.33. The number of amides is 1. The summed E-state index contributed by atoms with van der Waals surface area (Å²) in [6, 6.07) is 0.930. The van der Waals surface area contributed by atoms with Crippen molar-refractivity contribution in [3.05, 3.63) is 0 Å². The van der Waals surface area contributed by atoms with E-state index in [9.17, 15) is 4.79 Å². The van der Waals surface area contributed by atoms with Gasteiger partial charge in [-0.1, -0.05) is 27.7 Å². The molecule has 1 amide bonds. The van der Waals surface area contributed by atoms with Gasteiger partial charge in [0.1, 0.15) is 0 Å². The molecule has 2 heteroatoms. The maximum atomic E-state index is 12.0. The van der Waals surface area contributed by atoms with Crippen LogP contribution in [-0.2, 0) is 4.79 Å². The predicted octanol–water partition coefficient (Wildman–Crippen LogP) is 2.68. The molecule has 0 spiro atoms. The van der Waals surface area contributed by atoms with E-state index >= 15 is 0 Å². The number of hydrogen-bond acceptors (Lipinski definition) is 1. The highest BCUT2D eigenvalue weighted by Crippen LogP contribution is 2.31. The van der Waals surface area contributed by atoms with E-state index in [1.54, 1.807) is 0 Å². The molecule has 0 aromatic carbocycles. The fraction of sp³-hybridized carbons (Fsp3) is 0.917. The number of hydrogen-bond donors (Lipinski definition) is 0. The van der Waals surface area contributed by atoms with Gasteiger partial charge in [0, 0.05) is 18.0 Å². The predicted molar refractivity (Wildman–Crippen MR) is 59.0 cm³/mol. The lowest BCUT2D eigenvalue weighted by atomic mass is 10.0. The van der Waals surface area contributed by atoms with Crippen molar-refractivity contribution >= 4 is 5.91 Å². The molecule has 1 saturated carbocycles. The van der Waals surface area contributed by atoms with Crippen molar-refractivity contribution in [3.8, 4) is 0 Å². The zero-order chi connectivity index (χ0) is 10.9. The number of rotatable bonds is 4. The van der Waals surface area contributed by atoms with Gasteiger partial charge >= 0.3 is 0 Å². The third-order valence-electron chi connectivity index (χ3n) is 3.09. The molecule has 1 rings (SSSR count). The van der Waals surface area contributed by atoms with E-state index in [2.05, 4.69) is 25.7 Å². The van der Waals surface area contributed by atoms with Crippen LogP contribution in [0.2, 0.25) is 0 Å². The molecule has 0 aromatic rings. The quantitative estimate of drug-likeness (QED) is 0.678. The molecule has 1 aliphatic rings. The van der Waals surface area contributed by atoms with E-state index in [1.165, 1.54) is 12.8 Å². The zero-order valence-corrected chi connectivity index (χ0v) is 10.1. The van der Waals surface area contributed by atoms with Crippen molar-refractivity contribution in [2.24, 2.45) is 11.8 Å². The van der Waals surface area contributed by atoms with Crippen LogP contribution in [0.15, 0.2) is 0 Å². The van der Waals surface area contributed by atoms with Crippen LogP contribution in [0, 0.1) is 11.8 Å². The van der Waals surface area contributed by atoms with Crippen molar-refractivity contribution in [1.82, 2.24) is 4.90 Å². The van der Waals surface area contributed by atoms with Crippen LogP contribution < -0.4 is 0 Å². The summed E-state index contributed by atoms with van der Waals surface area (Å²) < 4.78 is 0. The van der Waals surface area contributed by atoms with Gasteiger partial charge in [-0.25, -0.2) is 0 Å². The first-order chi connectivity index (χ1) is 6.45. The van der Waals surface area contributed by atoms with Gasteiger partial charge in [0.05, 0.1) is 0 Å². The van der Waals surface area contributed by atoms with Crippen LogP contribution in [0.5, 0.6) is 0 Å². The Bertz CT molecular complexity index is 206. The highest BCUT2D eigenvalue weighted by Gasteiger charge is 2.37. The Morgan fingerprint density at radius 1 is 1.14 bits per heavy atom. The molecule has 0 unspecified atom stereocenters. The Morgan fingerprint density at radius 3 is 1.93 bits per heavy atom. The van der Waals surface area contributed by atoms with E-state index in [1.807, 2.05) is 13.8 Å². The van der Waals surface area contributed by atoms with Crippen molar-refractivity contribution in [2.75, 3.05) is 0 Å². The maximum absolute atomic E-state index is 12.0. The summed E-state index contributed by atoms with van der Waals surface area (Å²) in [7, 11) is 0. The lowest BCUT2D eigenvalue weighted by Crippen LogP contribution is -2.45. The van der Waals surface area contributed by atoms with Gasteiger partial charge in [-0.2, -0.15) is 0 Å². The summed E-state index contributed by atoms with van der Waals surface area (Å²) in [6.45, 7) is 10.5. The second-order valence-electron chi connectivity index (χ2n) is 5.12. The van der Waals surface area contributed by atoms with Gasteiger partial charge in [-0.15, -0.1) is 0 Å². The molecule has 0 aromatic heterocycles. The van der Waals surface area contributed by atoms with Gasteiger partial charge in [-0.3, -0.25) is 4.79 Å². The average Bonchev–Trinajstić information content (AvgIpc) is 2.87. The summed E-state index contributed by atoms with van der Waals surface area (Å²) in [4.78, 5) is 14.1. The Balaban J connectivity index is 2.68. The van der Waals surface area contributed by atoms with Crippen LogP contribution in [-0.4, -0.2) is 22.9 Å². The number of carbonyl (C=O) groups excluding carboxylic acids is 1. The summed E-state index contributed by atoms with van der Waals surface area (Å²) >= 11 is 0. The number of carbonyl (C=O) groups is 1. The first-order valence-electron chi connectivity index (χ1n) is 5.77. The third-order valence-corrected chi connectivity index (χ3v) is 3.09. The third kappa shape index (κ3) is 2.49. The van der Waals surface area contributed by atoms with E-state index in [0.29, 0.717) is 23.9 Å². The SMILES string of the molecule is CC(C)C(=O)N(C1CC1)[C@H](C)C(C)C. The largest absolute Gasteiger partial charge is 0.337 e. The summed E-state index contributed by atoms with van der Waals surface area (Å²) in [5.74, 6) is 1.02. The average molecular weight is 197 g/mol. The fourth-order valence-corrected chi connectivity index (χ4v) is 1.69. The molecule has 14 heavy (non-hydrogen) atoms. The minimum Gasteiger partial charge on any atom is -0.337 e. The van der Waals surface area contributed by atoms with E-state index in [-0.39, 0.29) is 5.92 Å². The minimum atomic E-state index is 0.136. The zero-order valence-electron chi connectivity index (χ0n) is 10.1. The molecule has 0 radical (unpaired) electrons. The van der Waals surface area contributed by atoms with E-state index in [4.69, 9.17) is 0 Å². The second kappa shape index (κ2) is 4.33. The molecule has 0 saturated heterocycles. The summed E-state index contributed by atoms with van der Waals surface area (Å²) in [5, 5.41) is 0. The standard InChI is InChI=1S/C12H23NO/c1-8(2)10(5)13(11-6-7-11)12(14)9(3)4/h8-11H,6-7H2,1-5H3/t10-/m1/s1.